The van der Waals surface area contributed by atoms with Gasteiger partial charge in [-0.1, -0.05) is 6.08 Å². The molecule has 1 aliphatic heterocycles. The highest BCUT2D eigenvalue weighted by Crippen LogP contribution is 2.25. The van der Waals surface area contributed by atoms with E-state index in [0.717, 1.165) is 0 Å². The molecule has 1 aliphatic rings. The van der Waals surface area contributed by atoms with Gasteiger partial charge >= 0.3 is 5.97 Å². The number of esters is 1. The van der Waals surface area contributed by atoms with Crippen molar-refractivity contribution in [2.45, 2.75) is 51.4 Å². The lowest BCUT2D eigenvalue weighted by molar-refractivity contribution is -0.257. The molecule has 16 heavy (non-hydrogen) atoms. The zero-order chi connectivity index (χ0) is 12.2. The number of Topliss-reactive ketones (excluding diaryl/α,β-unsaturated/α-hetero) is 1. The normalized spacial score (nSPS) is 23.6. The number of carbonyl (C=O) groups is 2. The summed E-state index contributed by atoms with van der Waals surface area (Å²) in [5.74, 6) is -1.13. The molecule has 0 radical (unpaired) electrons. The topological polar surface area (TPSA) is 52.6 Å². The van der Waals surface area contributed by atoms with Gasteiger partial charge in [0.1, 0.15) is 5.78 Å². The van der Waals surface area contributed by atoms with E-state index in [-0.39, 0.29) is 30.7 Å². The van der Waals surface area contributed by atoms with E-state index in [4.69, 9.17) is 9.47 Å². The minimum Gasteiger partial charge on any atom is -0.434 e. The van der Waals surface area contributed by atoms with Gasteiger partial charge in [-0.25, -0.2) is 0 Å². The van der Waals surface area contributed by atoms with Crippen molar-refractivity contribution in [2.75, 3.05) is 0 Å². The van der Waals surface area contributed by atoms with Crippen molar-refractivity contribution in [3.8, 4) is 0 Å². The van der Waals surface area contributed by atoms with Crippen LogP contribution in [0.3, 0.4) is 0 Å². The lowest BCUT2D eigenvalue weighted by atomic mass is 10.0. The van der Waals surface area contributed by atoms with Gasteiger partial charge in [0, 0.05) is 26.7 Å². The number of cyclic esters (lactones) is 1. The highest BCUT2D eigenvalue weighted by Gasteiger charge is 2.35. The molecular formula is C12H18O4. The van der Waals surface area contributed by atoms with Crippen molar-refractivity contribution in [3.63, 3.8) is 0 Å². The molecule has 90 valence electrons. The molecule has 1 fully saturated rings. The molecule has 0 amide bonds. The number of allylic oxidation sites excluding steroid dienone is 1. The SMILES string of the molecule is C=CCCC(=O)CC1CC(=O)OC(C)(C)O1. The van der Waals surface area contributed by atoms with E-state index < -0.39 is 5.79 Å². The van der Waals surface area contributed by atoms with Crippen molar-refractivity contribution < 1.29 is 19.1 Å². The van der Waals surface area contributed by atoms with Crippen LogP contribution in [0.5, 0.6) is 0 Å². The molecule has 1 unspecified atom stereocenters. The summed E-state index contributed by atoms with van der Waals surface area (Å²) in [6.07, 6.45) is 2.90. The first-order valence-electron chi connectivity index (χ1n) is 5.45. The van der Waals surface area contributed by atoms with E-state index in [2.05, 4.69) is 6.58 Å². The van der Waals surface area contributed by atoms with Crippen LogP contribution in [-0.2, 0) is 19.1 Å². The molecule has 0 aromatic heterocycles. The maximum Gasteiger partial charge on any atom is 0.310 e. The van der Waals surface area contributed by atoms with E-state index >= 15 is 0 Å². The summed E-state index contributed by atoms with van der Waals surface area (Å²) in [7, 11) is 0. The lowest BCUT2D eigenvalue weighted by Crippen LogP contribution is -2.43. The highest BCUT2D eigenvalue weighted by atomic mass is 16.7. The van der Waals surface area contributed by atoms with Gasteiger partial charge in [0.15, 0.2) is 0 Å². The van der Waals surface area contributed by atoms with Crippen LogP contribution in [0.25, 0.3) is 0 Å². The van der Waals surface area contributed by atoms with Crippen molar-refractivity contribution in [1.82, 2.24) is 0 Å². The molecule has 1 rings (SSSR count). The van der Waals surface area contributed by atoms with Crippen LogP contribution in [0.4, 0.5) is 0 Å². The van der Waals surface area contributed by atoms with Gasteiger partial charge in [0.2, 0.25) is 5.79 Å². The van der Waals surface area contributed by atoms with Gasteiger partial charge in [-0.05, 0) is 6.42 Å². The second-order valence-electron chi connectivity index (χ2n) is 4.39. The minimum absolute atomic E-state index is 0.0930. The van der Waals surface area contributed by atoms with E-state index in [1.165, 1.54) is 0 Å². The maximum atomic E-state index is 11.5. The summed E-state index contributed by atoms with van der Waals surface area (Å²) >= 11 is 0. The van der Waals surface area contributed by atoms with Gasteiger partial charge in [-0.2, -0.15) is 0 Å². The Labute approximate surface area is 95.6 Å². The third-order valence-corrected chi connectivity index (χ3v) is 2.29. The summed E-state index contributed by atoms with van der Waals surface area (Å²) in [5, 5.41) is 0. The number of rotatable bonds is 5. The molecule has 1 saturated heterocycles. The average molecular weight is 226 g/mol. The number of carbonyl (C=O) groups excluding carboxylic acids is 2. The van der Waals surface area contributed by atoms with Gasteiger partial charge in [0.05, 0.1) is 12.5 Å². The standard InChI is InChI=1S/C12H18O4/c1-4-5-6-9(13)7-10-8-11(14)16-12(2,3)15-10/h4,10H,1,5-8H2,2-3H3. The quantitative estimate of drug-likeness (QED) is 0.531. The summed E-state index contributed by atoms with van der Waals surface area (Å²) in [6.45, 7) is 6.90. The fraction of sp³-hybridized carbons (Fsp3) is 0.667. The largest absolute Gasteiger partial charge is 0.434 e. The summed E-state index contributed by atoms with van der Waals surface area (Å²) in [6, 6.07) is 0. The third-order valence-electron chi connectivity index (χ3n) is 2.29. The number of hydrogen-bond acceptors (Lipinski definition) is 4. The zero-order valence-corrected chi connectivity index (χ0v) is 9.82. The van der Waals surface area contributed by atoms with Gasteiger partial charge in [-0.15, -0.1) is 6.58 Å². The second-order valence-corrected chi connectivity index (χ2v) is 4.39. The maximum absolute atomic E-state index is 11.5. The van der Waals surface area contributed by atoms with Crippen molar-refractivity contribution in [3.05, 3.63) is 12.7 Å². The Morgan fingerprint density at radius 1 is 1.62 bits per heavy atom. The van der Waals surface area contributed by atoms with Crippen LogP contribution in [0, 0.1) is 0 Å². The first-order chi connectivity index (χ1) is 7.43. The first kappa shape index (κ1) is 12.9. The molecular weight excluding hydrogens is 208 g/mol. The average Bonchev–Trinajstić information content (AvgIpc) is 2.11. The fourth-order valence-corrected chi connectivity index (χ4v) is 1.70. The van der Waals surface area contributed by atoms with Gasteiger partial charge in [-0.3, -0.25) is 9.59 Å². The number of ketones is 1. The highest BCUT2D eigenvalue weighted by molar-refractivity contribution is 5.80. The smallest absolute Gasteiger partial charge is 0.310 e. The van der Waals surface area contributed by atoms with E-state index in [9.17, 15) is 9.59 Å². The number of hydrogen-bond donors (Lipinski definition) is 0. The predicted molar refractivity (Wildman–Crippen MR) is 58.7 cm³/mol. The van der Waals surface area contributed by atoms with E-state index in [1.807, 2.05) is 0 Å². The second kappa shape index (κ2) is 5.25. The van der Waals surface area contributed by atoms with Crippen LogP contribution in [0.2, 0.25) is 0 Å². The van der Waals surface area contributed by atoms with Crippen molar-refractivity contribution in [2.24, 2.45) is 0 Å². The van der Waals surface area contributed by atoms with Crippen molar-refractivity contribution in [1.29, 1.82) is 0 Å². The first-order valence-corrected chi connectivity index (χ1v) is 5.45. The van der Waals surface area contributed by atoms with Crippen LogP contribution in [-0.4, -0.2) is 23.6 Å². The lowest BCUT2D eigenvalue weighted by Gasteiger charge is -2.34. The molecule has 0 bridgehead atoms. The third kappa shape index (κ3) is 4.14. The van der Waals surface area contributed by atoms with Crippen LogP contribution in [0.15, 0.2) is 12.7 Å². The number of ether oxygens (including phenoxy) is 2. The molecule has 1 heterocycles. The minimum atomic E-state index is -0.918. The molecule has 0 spiro atoms. The summed E-state index contributed by atoms with van der Waals surface area (Å²) < 4.78 is 10.5. The van der Waals surface area contributed by atoms with Crippen molar-refractivity contribution >= 4 is 11.8 Å². The summed E-state index contributed by atoms with van der Waals surface area (Å²) in [5.41, 5.74) is 0. The van der Waals surface area contributed by atoms with Crippen LogP contribution in [0.1, 0.15) is 39.5 Å². The molecule has 4 nitrogen and oxygen atoms in total. The summed E-state index contributed by atoms with van der Waals surface area (Å²) in [4.78, 5) is 22.8. The monoisotopic (exact) mass is 226 g/mol. The van der Waals surface area contributed by atoms with E-state index in [1.54, 1.807) is 19.9 Å². The van der Waals surface area contributed by atoms with E-state index in [0.29, 0.717) is 12.8 Å². The molecule has 0 aromatic carbocycles. The molecule has 4 heteroatoms. The molecule has 1 atom stereocenters. The molecule has 0 N–H and O–H groups in total. The Balaban J connectivity index is 2.44. The van der Waals surface area contributed by atoms with Crippen LogP contribution >= 0.6 is 0 Å². The Kier molecular flexibility index (Phi) is 4.24. The Bertz CT molecular complexity index is 293. The zero-order valence-electron chi connectivity index (χ0n) is 9.82. The Hall–Kier alpha value is -1.16. The predicted octanol–water partition coefficient (Wildman–Crippen LogP) is 1.98. The Morgan fingerprint density at radius 2 is 2.31 bits per heavy atom. The molecule has 0 saturated carbocycles. The molecule has 0 aliphatic carbocycles. The molecule has 0 aromatic rings. The Morgan fingerprint density at radius 3 is 2.88 bits per heavy atom. The van der Waals surface area contributed by atoms with Gasteiger partial charge in [0.25, 0.3) is 0 Å². The van der Waals surface area contributed by atoms with Crippen LogP contribution < -0.4 is 0 Å². The van der Waals surface area contributed by atoms with Gasteiger partial charge < -0.3 is 9.47 Å². The fourth-order valence-electron chi connectivity index (χ4n) is 1.70.